The molecule has 3 N–H and O–H groups in total. The van der Waals surface area contributed by atoms with Gasteiger partial charge in [0.2, 0.25) is 5.91 Å². The molecule has 0 radical (unpaired) electrons. The quantitative estimate of drug-likeness (QED) is 0.885. The SMILES string of the molecule is Cc1nc2ccccc2n1CC(=O)NC1CCC(N)CC1.Cl.Cl. The van der Waals surface area contributed by atoms with Crippen LogP contribution in [-0.2, 0) is 11.3 Å². The van der Waals surface area contributed by atoms with E-state index in [-0.39, 0.29) is 36.8 Å². The number of rotatable bonds is 3. The van der Waals surface area contributed by atoms with E-state index in [0.717, 1.165) is 42.5 Å². The third-order valence-electron chi connectivity index (χ3n) is 4.28. The highest BCUT2D eigenvalue weighted by Gasteiger charge is 2.20. The van der Waals surface area contributed by atoms with Crippen LogP contribution in [0.25, 0.3) is 11.0 Å². The van der Waals surface area contributed by atoms with Crippen molar-refractivity contribution in [2.24, 2.45) is 5.73 Å². The van der Waals surface area contributed by atoms with Gasteiger partial charge in [0.25, 0.3) is 0 Å². The second-order valence-corrected chi connectivity index (χ2v) is 5.91. The zero-order chi connectivity index (χ0) is 14.8. The number of carbonyl (C=O) groups is 1. The fourth-order valence-electron chi connectivity index (χ4n) is 3.08. The molecule has 1 aromatic carbocycles. The van der Waals surface area contributed by atoms with Gasteiger partial charge in [-0.2, -0.15) is 0 Å². The molecule has 0 saturated heterocycles. The molecular formula is C16H24Cl2N4O. The Balaban J connectivity index is 0.00000132. The topological polar surface area (TPSA) is 72.9 Å². The number of benzene rings is 1. The van der Waals surface area contributed by atoms with Gasteiger partial charge in [-0.3, -0.25) is 4.79 Å². The number of nitrogens with zero attached hydrogens (tertiary/aromatic N) is 2. The summed E-state index contributed by atoms with van der Waals surface area (Å²) in [5.41, 5.74) is 7.84. The van der Waals surface area contributed by atoms with Crippen LogP contribution >= 0.6 is 24.8 Å². The van der Waals surface area contributed by atoms with Crippen LogP contribution in [0.5, 0.6) is 0 Å². The number of halogens is 2. The molecule has 1 amide bonds. The van der Waals surface area contributed by atoms with Gasteiger partial charge >= 0.3 is 0 Å². The maximum absolute atomic E-state index is 12.3. The third-order valence-corrected chi connectivity index (χ3v) is 4.28. The number of para-hydroxylation sites is 2. The number of hydrogen-bond acceptors (Lipinski definition) is 3. The molecule has 1 aliphatic carbocycles. The average molecular weight is 359 g/mol. The van der Waals surface area contributed by atoms with Gasteiger partial charge < -0.3 is 15.6 Å². The molecule has 0 aliphatic heterocycles. The molecule has 1 aromatic heterocycles. The van der Waals surface area contributed by atoms with Gasteiger partial charge in [-0.1, -0.05) is 12.1 Å². The van der Waals surface area contributed by atoms with E-state index in [2.05, 4.69) is 10.3 Å². The highest BCUT2D eigenvalue weighted by Crippen LogP contribution is 2.18. The number of carbonyl (C=O) groups excluding carboxylic acids is 1. The van der Waals surface area contributed by atoms with Gasteiger partial charge in [-0.05, 0) is 44.7 Å². The van der Waals surface area contributed by atoms with Crippen LogP contribution in [0.2, 0.25) is 0 Å². The number of aryl methyl sites for hydroxylation is 1. The van der Waals surface area contributed by atoms with Gasteiger partial charge in [0.1, 0.15) is 12.4 Å². The fraction of sp³-hybridized carbons (Fsp3) is 0.500. The summed E-state index contributed by atoms with van der Waals surface area (Å²) in [6.45, 7) is 2.27. The number of fused-ring (bicyclic) bond motifs is 1. The summed E-state index contributed by atoms with van der Waals surface area (Å²) in [5.74, 6) is 0.929. The van der Waals surface area contributed by atoms with E-state index in [1.165, 1.54) is 0 Å². The van der Waals surface area contributed by atoms with Crippen LogP contribution < -0.4 is 11.1 Å². The van der Waals surface area contributed by atoms with Gasteiger partial charge in [0.05, 0.1) is 11.0 Å². The van der Waals surface area contributed by atoms with Crippen molar-refractivity contribution in [3.8, 4) is 0 Å². The first-order valence-electron chi connectivity index (χ1n) is 7.60. The van der Waals surface area contributed by atoms with E-state index < -0.39 is 0 Å². The minimum Gasteiger partial charge on any atom is -0.352 e. The lowest BCUT2D eigenvalue weighted by Gasteiger charge is -2.26. The summed E-state index contributed by atoms with van der Waals surface area (Å²) in [6.07, 6.45) is 3.96. The van der Waals surface area contributed by atoms with Gasteiger partial charge in [-0.25, -0.2) is 4.98 Å². The standard InChI is InChI=1S/C16H22N4O.2ClH/c1-11-18-14-4-2-3-5-15(14)20(11)10-16(21)19-13-8-6-12(17)7-9-13;;/h2-5,12-13H,6-10,17H2,1H3,(H,19,21);2*1H. The summed E-state index contributed by atoms with van der Waals surface area (Å²) in [6, 6.07) is 8.48. The number of hydrogen-bond donors (Lipinski definition) is 2. The Bertz CT molecular complexity index is 651. The second-order valence-electron chi connectivity index (χ2n) is 5.91. The summed E-state index contributed by atoms with van der Waals surface area (Å²) in [7, 11) is 0. The summed E-state index contributed by atoms with van der Waals surface area (Å²) >= 11 is 0. The van der Waals surface area contributed by atoms with Crippen molar-refractivity contribution in [2.45, 2.75) is 51.2 Å². The van der Waals surface area contributed by atoms with E-state index in [0.29, 0.717) is 12.6 Å². The number of nitrogens with one attached hydrogen (secondary N) is 1. The normalized spacial score (nSPS) is 20.4. The molecule has 0 spiro atoms. The summed E-state index contributed by atoms with van der Waals surface area (Å²) in [5, 5.41) is 3.13. The monoisotopic (exact) mass is 358 g/mol. The van der Waals surface area contributed by atoms with Crippen molar-refractivity contribution >= 4 is 41.8 Å². The average Bonchev–Trinajstić information content (AvgIpc) is 2.78. The van der Waals surface area contributed by atoms with Crippen LogP contribution in [-0.4, -0.2) is 27.5 Å². The zero-order valence-corrected chi connectivity index (χ0v) is 14.8. The van der Waals surface area contributed by atoms with Crippen molar-refractivity contribution in [2.75, 3.05) is 0 Å². The number of nitrogens with two attached hydrogens (primary N) is 1. The zero-order valence-electron chi connectivity index (χ0n) is 13.2. The highest BCUT2D eigenvalue weighted by atomic mass is 35.5. The van der Waals surface area contributed by atoms with Crippen LogP contribution in [0.1, 0.15) is 31.5 Å². The predicted octanol–water partition coefficient (Wildman–Crippen LogP) is 2.57. The summed E-state index contributed by atoms with van der Waals surface area (Å²) < 4.78 is 1.97. The van der Waals surface area contributed by atoms with E-state index >= 15 is 0 Å². The van der Waals surface area contributed by atoms with Crippen molar-refractivity contribution < 1.29 is 4.79 Å². The van der Waals surface area contributed by atoms with Crippen molar-refractivity contribution in [1.82, 2.24) is 14.9 Å². The van der Waals surface area contributed by atoms with Crippen LogP contribution in [0.15, 0.2) is 24.3 Å². The molecule has 0 unspecified atom stereocenters. The number of imidazole rings is 1. The lowest BCUT2D eigenvalue weighted by molar-refractivity contribution is -0.122. The summed E-state index contributed by atoms with van der Waals surface area (Å²) in [4.78, 5) is 16.8. The van der Waals surface area contributed by atoms with E-state index in [1.54, 1.807) is 0 Å². The first kappa shape index (κ1) is 19.7. The smallest absolute Gasteiger partial charge is 0.240 e. The van der Waals surface area contributed by atoms with Gasteiger partial charge in [-0.15, -0.1) is 24.8 Å². The fourth-order valence-corrected chi connectivity index (χ4v) is 3.08. The first-order chi connectivity index (χ1) is 10.1. The Kier molecular flexibility index (Phi) is 7.32. The number of aromatic nitrogens is 2. The molecule has 5 nitrogen and oxygen atoms in total. The Morgan fingerprint density at radius 1 is 1.26 bits per heavy atom. The molecule has 23 heavy (non-hydrogen) atoms. The molecule has 2 aromatic rings. The van der Waals surface area contributed by atoms with Crippen molar-refractivity contribution in [3.05, 3.63) is 30.1 Å². The van der Waals surface area contributed by atoms with E-state index in [9.17, 15) is 4.79 Å². The molecule has 0 atom stereocenters. The van der Waals surface area contributed by atoms with E-state index in [4.69, 9.17) is 5.73 Å². The van der Waals surface area contributed by atoms with Crippen LogP contribution in [0.4, 0.5) is 0 Å². The molecule has 1 heterocycles. The molecular weight excluding hydrogens is 335 g/mol. The van der Waals surface area contributed by atoms with Crippen molar-refractivity contribution in [1.29, 1.82) is 0 Å². The molecule has 128 valence electrons. The molecule has 0 bridgehead atoms. The minimum atomic E-state index is 0. The highest BCUT2D eigenvalue weighted by molar-refractivity contribution is 5.85. The maximum Gasteiger partial charge on any atom is 0.240 e. The largest absolute Gasteiger partial charge is 0.352 e. The first-order valence-corrected chi connectivity index (χ1v) is 7.60. The Labute approximate surface area is 148 Å². The molecule has 7 heteroatoms. The third kappa shape index (κ3) is 4.59. The lowest BCUT2D eigenvalue weighted by atomic mass is 9.92. The van der Waals surface area contributed by atoms with Crippen molar-refractivity contribution in [3.63, 3.8) is 0 Å². The molecule has 1 aliphatic rings. The van der Waals surface area contributed by atoms with E-state index in [1.807, 2.05) is 35.8 Å². The minimum absolute atomic E-state index is 0. The molecule has 1 saturated carbocycles. The Morgan fingerprint density at radius 3 is 2.61 bits per heavy atom. The molecule has 1 fully saturated rings. The maximum atomic E-state index is 12.3. The van der Waals surface area contributed by atoms with Crippen LogP contribution in [0.3, 0.4) is 0 Å². The molecule has 3 rings (SSSR count). The lowest BCUT2D eigenvalue weighted by Crippen LogP contribution is -2.41. The van der Waals surface area contributed by atoms with Gasteiger partial charge in [0, 0.05) is 12.1 Å². The Morgan fingerprint density at radius 2 is 1.91 bits per heavy atom. The number of amides is 1. The van der Waals surface area contributed by atoms with Crippen LogP contribution in [0, 0.1) is 6.92 Å². The Hall–Kier alpha value is -1.30. The predicted molar refractivity (Wildman–Crippen MR) is 97.3 cm³/mol. The second kappa shape index (κ2) is 8.52. The van der Waals surface area contributed by atoms with Gasteiger partial charge in [0.15, 0.2) is 0 Å².